The fourth-order valence-electron chi connectivity index (χ4n) is 4.74. The van der Waals surface area contributed by atoms with Crippen LogP contribution in [0.2, 0.25) is 0 Å². The quantitative estimate of drug-likeness (QED) is 0.187. The highest BCUT2D eigenvalue weighted by atomic mass is 79.9. The molecule has 1 aliphatic heterocycles. The van der Waals surface area contributed by atoms with Crippen LogP contribution in [0.15, 0.2) is 88.2 Å². The number of methoxy groups -OCH3 is 2. The minimum absolute atomic E-state index is 0. The number of hydrogen-bond donors (Lipinski definition) is 0. The van der Waals surface area contributed by atoms with Gasteiger partial charge in [0, 0.05) is 30.5 Å². The van der Waals surface area contributed by atoms with Gasteiger partial charge in [-0.2, -0.15) is 9.41 Å². The Morgan fingerprint density at radius 3 is 2.00 bits per heavy atom. The Bertz CT molecular complexity index is 1580. The highest BCUT2D eigenvalue weighted by Crippen LogP contribution is 2.40. The molecule has 0 fully saturated rings. The molecule has 0 aliphatic carbocycles. The van der Waals surface area contributed by atoms with Crippen LogP contribution in [0.3, 0.4) is 0 Å². The third-order valence-electron chi connectivity index (χ3n) is 7.02. The highest BCUT2D eigenvalue weighted by molar-refractivity contribution is 8.93. The Balaban J connectivity index is 0.00000387. The predicted molar refractivity (Wildman–Crippen MR) is 170 cm³/mol. The van der Waals surface area contributed by atoms with Crippen LogP contribution >= 0.6 is 28.3 Å². The van der Waals surface area contributed by atoms with Crippen LogP contribution in [-0.4, -0.2) is 50.7 Å². The monoisotopic (exact) mass is 656 g/mol. The van der Waals surface area contributed by atoms with E-state index in [-0.39, 0.29) is 27.9 Å². The molecule has 0 spiro atoms. The number of halogens is 1. The van der Waals surface area contributed by atoms with Gasteiger partial charge in [0.25, 0.3) is 0 Å². The van der Waals surface area contributed by atoms with Gasteiger partial charge in [0.15, 0.2) is 0 Å². The second-order valence-corrected chi connectivity index (χ2v) is 12.0. The Morgan fingerprint density at radius 1 is 0.878 bits per heavy atom. The summed E-state index contributed by atoms with van der Waals surface area (Å²) in [5.74, 6) is 1.60. The minimum atomic E-state index is -3.52. The molecule has 2 heterocycles. The lowest BCUT2D eigenvalue weighted by molar-refractivity contribution is 0.414. The summed E-state index contributed by atoms with van der Waals surface area (Å²) in [4.78, 5) is 5.20. The maximum Gasteiger partial charge on any atom is 0.243 e. The van der Waals surface area contributed by atoms with Crippen molar-refractivity contribution in [1.82, 2.24) is 9.29 Å². The number of sulfonamides is 1. The van der Waals surface area contributed by atoms with Crippen molar-refractivity contribution in [1.29, 1.82) is 0 Å². The second kappa shape index (κ2) is 13.2. The third kappa shape index (κ3) is 6.33. The number of anilines is 1. The van der Waals surface area contributed by atoms with E-state index in [1.807, 2.05) is 72.8 Å². The number of aromatic nitrogens is 1. The normalized spacial score (nSPS) is 15.0. The van der Waals surface area contributed by atoms with Crippen molar-refractivity contribution in [2.45, 2.75) is 31.2 Å². The van der Waals surface area contributed by atoms with E-state index >= 15 is 0 Å². The third-order valence-corrected chi connectivity index (χ3v) is 9.91. The summed E-state index contributed by atoms with van der Waals surface area (Å²) in [5, 5.41) is 9.74. The largest absolute Gasteiger partial charge is 0.497 e. The smallest absolute Gasteiger partial charge is 0.243 e. The van der Waals surface area contributed by atoms with Gasteiger partial charge in [0.2, 0.25) is 15.2 Å². The number of benzene rings is 3. The maximum absolute atomic E-state index is 12.9. The van der Waals surface area contributed by atoms with Crippen molar-refractivity contribution in [2.75, 3.05) is 32.3 Å². The van der Waals surface area contributed by atoms with Gasteiger partial charge in [-0.1, -0.05) is 38.1 Å². The molecule has 1 aromatic heterocycles. The van der Waals surface area contributed by atoms with Gasteiger partial charge in [-0.3, -0.25) is 0 Å². The van der Waals surface area contributed by atoms with Gasteiger partial charge < -0.3 is 9.47 Å². The van der Waals surface area contributed by atoms with Crippen LogP contribution in [0.5, 0.6) is 11.5 Å². The fraction of sp³-hybridized carbons (Fsp3) is 0.267. The summed E-state index contributed by atoms with van der Waals surface area (Å²) >= 11 is 1.51. The molecule has 0 saturated heterocycles. The zero-order valence-corrected chi connectivity index (χ0v) is 26.7. The van der Waals surface area contributed by atoms with Crippen LogP contribution in [0.25, 0.3) is 11.3 Å². The number of hydrazone groups is 1. The summed E-state index contributed by atoms with van der Waals surface area (Å²) < 4.78 is 37.9. The van der Waals surface area contributed by atoms with Crippen LogP contribution in [0, 0.1) is 0 Å². The lowest BCUT2D eigenvalue weighted by atomic mass is 9.98. The van der Waals surface area contributed by atoms with Crippen LogP contribution in [-0.2, 0) is 10.0 Å². The minimum Gasteiger partial charge on any atom is -0.497 e. The Labute approximate surface area is 256 Å². The van der Waals surface area contributed by atoms with Crippen molar-refractivity contribution in [3.63, 3.8) is 0 Å². The molecule has 11 heteroatoms. The molecule has 0 bridgehead atoms. The van der Waals surface area contributed by atoms with Crippen molar-refractivity contribution in [3.8, 4) is 22.8 Å². The Hall–Kier alpha value is -3.25. The zero-order valence-electron chi connectivity index (χ0n) is 23.4. The van der Waals surface area contributed by atoms with Crippen LogP contribution in [0.1, 0.15) is 37.4 Å². The number of thiazole rings is 1. The van der Waals surface area contributed by atoms with E-state index in [1.54, 1.807) is 26.4 Å². The first-order valence-electron chi connectivity index (χ1n) is 13.1. The van der Waals surface area contributed by atoms with E-state index in [0.717, 1.165) is 44.7 Å². The first-order valence-corrected chi connectivity index (χ1v) is 15.4. The molecule has 4 aromatic rings. The fourth-order valence-corrected chi connectivity index (χ4v) is 7.03. The average Bonchev–Trinajstić information content (AvgIpc) is 3.66. The lowest BCUT2D eigenvalue weighted by Gasteiger charge is -2.21. The first-order chi connectivity index (χ1) is 19.4. The van der Waals surface area contributed by atoms with Gasteiger partial charge >= 0.3 is 0 Å². The lowest BCUT2D eigenvalue weighted by Crippen LogP contribution is -2.30. The molecule has 1 aliphatic rings. The van der Waals surface area contributed by atoms with E-state index in [9.17, 15) is 8.42 Å². The summed E-state index contributed by atoms with van der Waals surface area (Å²) in [6, 6.07) is 22.8. The molecular formula is C30H33BrN4O4S2. The topological polar surface area (TPSA) is 84.3 Å². The van der Waals surface area contributed by atoms with Gasteiger partial charge in [0.1, 0.15) is 11.5 Å². The standard InChI is InChI=1S/C30H32N4O4S2.BrH/c1-5-33(6-2)40(35,36)26-17-11-22(12-18-26)28-20-39-30(31-28)34-29(23-9-15-25(38-4)16-10-23)19-27(32-34)21-7-13-24(37-3)14-8-21;/h7-18,20,29H,5-6,19H2,1-4H3;1H. The molecule has 0 amide bonds. The second-order valence-electron chi connectivity index (χ2n) is 9.24. The predicted octanol–water partition coefficient (Wildman–Crippen LogP) is 6.79. The molecule has 1 atom stereocenters. The highest BCUT2D eigenvalue weighted by Gasteiger charge is 2.32. The zero-order chi connectivity index (χ0) is 28.3. The molecule has 0 radical (unpaired) electrons. The molecule has 0 saturated carbocycles. The first kappa shape index (κ1) is 30.7. The van der Waals surface area contributed by atoms with Gasteiger partial charge in [-0.25, -0.2) is 18.4 Å². The summed E-state index contributed by atoms with van der Waals surface area (Å²) in [7, 11) is -0.204. The van der Waals surface area contributed by atoms with Crippen molar-refractivity contribution in [2.24, 2.45) is 5.10 Å². The van der Waals surface area contributed by atoms with Gasteiger partial charge in [0.05, 0.1) is 36.6 Å². The van der Waals surface area contributed by atoms with Crippen LogP contribution in [0.4, 0.5) is 5.13 Å². The number of hydrogen-bond acceptors (Lipinski definition) is 8. The van der Waals surface area contributed by atoms with Gasteiger partial charge in [-0.15, -0.1) is 28.3 Å². The van der Waals surface area contributed by atoms with Crippen molar-refractivity contribution < 1.29 is 17.9 Å². The number of rotatable bonds is 10. The van der Waals surface area contributed by atoms with E-state index in [4.69, 9.17) is 19.6 Å². The summed E-state index contributed by atoms with van der Waals surface area (Å²) in [5.41, 5.74) is 4.72. The van der Waals surface area contributed by atoms with Crippen molar-refractivity contribution in [3.05, 3.63) is 89.3 Å². The Kier molecular flexibility index (Phi) is 9.85. The number of nitrogens with zero attached hydrogens (tertiary/aromatic N) is 4. The summed E-state index contributed by atoms with van der Waals surface area (Å²) in [6.07, 6.45) is 0.714. The maximum atomic E-state index is 12.9. The molecule has 5 rings (SSSR count). The Morgan fingerprint density at radius 2 is 1.44 bits per heavy atom. The average molecular weight is 658 g/mol. The molecule has 216 valence electrons. The van der Waals surface area contributed by atoms with E-state index in [2.05, 4.69) is 12.1 Å². The van der Waals surface area contributed by atoms with Gasteiger partial charge in [-0.05, 0) is 59.7 Å². The van der Waals surface area contributed by atoms with E-state index in [0.29, 0.717) is 19.5 Å². The molecule has 3 aromatic carbocycles. The molecule has 8 nitrogen and oxygen atoms in total. The molecular weight excluding hydrogens is 624 g/mol. The van der Waals surface area contributed by atoms with Crippen molar-refractivity contribution >= 4 is 49.2 Å². The molecule has 0 N–H and O–H groups in total. The summed E-state index contributed by atoms with van der Waals surface area (Å²) in [6.45, 7) is 4.54. The van der Waals surface area contributed by atoms with Crippen LogP contribution < -0.4 is 14.5 Å². The number of ether oxygens (including phenoxy) is 2. The SMILES string of the molecule is Br.CCN(CC)S(=O)(=O)c1ccc(-c2csc(N3N=C(c4ccc(OC)cc4)CC3c3ccc(OC)cc3)n2)cc1. The molecule has 1 unspecified atom stereocenters. The molecule has 41 heavy (non-hydrogen) atoms. The van der Waals surface area contributed by atoms with E-state index in [1.165, 1.54) is 15.6 Å². The van der Waals surface area contributed by atoms with E-state index < -0.39 is 10.0 Å².